The zero-order chi connectivity index (χ0) is 15.2. The molecule has 1 fully saturated rings. The summed E-state index contributed by atoms with van der Waals surface area (Å²) in [5.74, 6) is 0.900. The van der Waals surface area contributed by atoms with Crippen LogP contribution in [0.15, 0.2) is 0 Å². The molecule has 1 amide bonds. The quantitative estimate of drug-likeness (QED) is 0.704. The lowest BCUT2D eigenvalue weighted by Crippen LogP contribution is -2.58. The van der Waals surface area contributed by atoms with Gasteiger partial charge in [-0.15, -0.1) is 0 Å². The maximum absolute atomic E-state index is 12.0. The Morgan fingerprint density at radius 3 is 2.50 bits per heavy atom. The van der Waals surface area contributed by atoms with Crippen LogP contribution < -0.4 is 11.1 Å². The minimum absolute atomic E-state index is 0.0177. The van der Waals surface area contributed by atoms with Gasteiger partial charge >= 0.3 is 0 Å². The SMILES string of the molecule is CSCC[C@H](N)C(=O)NCC(C)(C)N1CCN(C)CC1. The summed E-state index contributed by atoms with van der Waals surface area (Å²) in [4.78, 5) is 16.7. The van der Waals surface area contributed by atoms with Crippen LogP contribution in [0.2, 0.25) is 0 Å². The zero-order valence-electron chi connectivity index (χ0n) is 13.3. The highest BCUT2D eigenvalue weighted by molar-refractivity contribution is 7.98. The van der Waals surface area contributed by atoms with Crippen molar-refractivity contribution in [1.29, 1.82) is 0 Å². The van der Waals surface area contributed by atoms with Crippen molar-refractivity contribution in [3.63, 3.8) is 0 Å². The maximum atomic E-state index is 12.0. The molecule has 0 aromatic heterocycles. The molecule has 0 aromatic rings. The van der Waals surface area contributed by atoms with Crippen molar-refractivity contribution in [3.8, 4) is 0 Å². The van der Waals surface area contributed by atoms with Crippen molar-refractivity contribution in [2.24, 2.45) is 5.73 Å². The second-order valence-corrected chi connectivity index (χ2v) is 7.19. The number of nitrogens with zero attached hydrogens (tertiary/aromatic N) is 2. The molecule has 0 aliphatic carbocycles. The van der Waals surface area contributed by atoms with Gasteiger partial charge in [0.05, 0.1) is 6.04 Å². The lowest BCUT2D eigenvalue weighted by Gasteiger charge is -2.43. The van der Waals surface area contributed by atoms with Gasteiger partial charge in [0.2, 0.25) is 5.91 Å². The molecule has 0 unspecified atom stereocenters. The first kappa shape index (κ1) is 17.8. The van der Waals surface area contributed by atoms with Crippen LogP contribution in [0.3, 0.4) is 0 Å². The number of piperazine rings is 1. The molecule has 5 nitrogen and oxygen atoms in total. The molecular weight excluding hydrogens is 272 g/mol. The van der Waals surface area contributed by atoms with E-state index in [9.17, 15) is 4.79 Å². The molecule has 118 valence electrons. The highest BCUT2D eigenvalue weighted by Gasteiger charge is 2.29. The average Bonchev–Trinajstić information content (AvgIpc) is 2.42. The Kier molecular flexibility index (Phi) is 7.29. The van der Waals surface area contributed by atoms with Crippen LogP contribution in [-0.4, -0.2) is 79.1 Å². The molecule has 1 aliphatic rings. The van der Waals surface area contributed by atoms with Gasteiger partial charge in [0.15, 0.2) is 0 Å². The highest BCUT2D eigenvalue weighted by Crippen LogP contribution is 2.15. The van der Waals surface area contributed by atoms with Gasteiger partial charge in [-0.05, 0) is 39.3 Å². The number of likely N-dealkylation sites (N-methyl/N-ethyl adjacent to an activating group) is 1. The summed E-state index contributed by atoms with van der Waals surface area (Å²) in [5, 5.41) is 3.01. The Balaban J connectivity index is 2.36. The second-order valence-electron chi connectivity index (χ2n) is 6.21. The molecule has 1 aliphatic heterocycles. The first-order valence-corrected chi connectivity index (χ1v) is 8.72. The molecule has 3 N–H and O–H groups in total. The molecule has 0 saturated carbocycles. The van der Waals surface area contributed by atoms with Crippen molar-refractivity contribution < 1.29 is 4.79 Å². The van der Waals surface area contributed by atoms with Gasteiger partial charge in [0.25, 0.3) is 0 Å². The summed E-state index contributed by atoms with van der Waals surface area (Å²) in [7, 11) is 2.15. The van der Waals surface area contributed by atoms with Gasteiger partial charge in [0.1, 0.15) is 0 Å². The van der Waals surface area contributed by atoms with Crippen molar-refractivity contribution in [3.05, 3.63) is 0 Å². The predicted octanol–water partition coefficient (Wildman–Crippen LogP) is 0.209. The fraction of sp³-hybridized carbons (Fsp3) is 0.929. The Bertz CT molecular complexity index is 304. The summed E-state index contributed by atoms with van der Waals surface area (Å²) in [6.45, 7) is 9.31. The van der Waals surface area contributed by atoms with Gasteiger partial charge < -0.3 is 16.0 Å². The third kappa shape index (κ3) is 5.60. The number of carbonyl (C=O) groups excluding carboxylic acids is 1. The van der Waals surface area contributed by atoms with Crippen LogP contribution in [0.25, 0.3) is 0 Å². The van der Waals surface area contributed by atoms with E-state index >= 15 is 0 Å². The molecule has 0 aromatic carbocycles. The Labute approximate surface area is 127 Å². The first-order valence-electron chi connectivity index (χ1n) is 7.32. The van der Waals surface area contributed by atoms with Crippen molar-refractivity contribution in [2.45, 2.75) is 31.8 Å². The van der Waals surface area contributed by atoms with Gasteiger partial charge in [-0.3, -0.25) is 9.69 Å². The van der Waals surface area contributed by atoms with E-state index in [1.165, 1.54) is 0 Å². The number of thioether (sulfide) groups is 1. The van der Waals surface area contributed by atoms with Gasteiger partial charge in [-0.25, -0.2) is 0 Å². The molecule has 20 heavy (non-hydrogen) atoms. The van der Waals surface area contributed by atoms with Crippen molar-refractivity contribution >= 4 is 17.7 Å². The molecule has 1 atom stereocenters. The maximum Gasteiger partial charge on any atom is 0.237 e. The van der Waals surface area contributed by atoms with Crippen LogP contribution >= 0.6 is 11.8 Å². The Morgan fingerprint density at radius 2 is 1.95 bits per heavy atom. The minimum atomic E-state index is -0.384. The third-order valence-corrected chi connectivity index (χ3v) is 4.67. The van der Waals surface area contributed by atoms with E-state index in [4.69, 9.17) is 5.73 Å². The van der Waals surface area contributed by atoms with Gasteiger partial charge in [0, 0.05) is 38.3 Å². The van der Waals surface area contributed by atoms with E-state index in [0.29, 0.717) is 6.54 Å². The molecule has 0 spiro atoms. The second kappa shape index (κ2) is 8.22. The number of rotatable bonds is 7. The van der Waals surface area contributed by atoms with Crippen molar-refractivity contribution in [2.75, 3.05) is 51.8 Å². The van der Waals surface area contributed by atoms with Gasteiger partial charge in [-0.1, -0.05) is 0 Å². The standard InChI is InChI=1S/C14H30N4OS/c1-14(2,18-8-6-17(3)7-9-18)11-16-13(19)12(15)5-10-20-4/h12H,5-11,15H2,1-4H3,(H,16,19)/t12-/m0/s1. The molecule has 6 heteroatoms. The number of hydrogen-bond acceptors (Lipinski definition) is 5. The largest absolute Gasteiger partial charge is 0.353 e. The molecule has 0 bridgehead atoms. The van der Waals surface area contributed by atoms with E-state index in [0.717, 1.165) is 38.4 Å². The summed E-state index contributed by atoms with van der Waals surface area (Å²) in [5.41, 5.74) is 5.87. The summed E-state index contributed by atoms with van der Waals surface area (Å²) < 4.78 is 0. The lowest BCUT2D eigenvalue weighted by atomic mass is 10.0. The Morgan fingerprint density at radius 1 is 1.35 bits per heavy atom. The molecular formula is C14H30N4OS. The third-order valence-electron chi connectivity index (χ3n) is 4.02. The zero-order valence-corrected chi connectivity index (χ0v) is 14.1. The number of carbonyl (C=O) groups is 1. The first-order chi connectivity index (χ1) is 9.36. The average molecular weight is 302 g/mol. The predicted molar refractivity (Wildman–Crippen MR) is 87.1 cm³/mol. The van der Waals surface area contributed by atoms with Crippen molar-refractivity contribution in [1.82, 2.24) is 15.1 Å². The number of amides is 1. The van der Waals surface area contributed by atoms with E-state index < -0.39 is 0 Å². The fourth-order valence-electron chi connectivity index (χ4n) is 2.33. The summed E-state index contributed by atoms with van der Waals surface area (Å²) in [6, 6.07) is -0.384. The minimum Gasteiger partial charge on any atom is -0.353 e. The summed E-state index contributed by atoms with van der Waals surface area (Å²) in [6.07, 6.45) is 2.77. The topological polar surface area (TPSA) is 61.6 Å². The van der Waals surface area contributed by atoms with Crippen LogP contribution in [0.1, 0.15) is 20.3 Å². The van der Waals surface area contributed by atoms with Crippen LogP contribution in [-0.2, 0) is 4.79 Å². The normalized spacial score (nSPS) is 19.9. The van der Waals surface area contributed by atoms with E-state index in [1.54, 1.807) is 11.8 Å². The van der Waals surface area contributed by atoms with Crippen LogP contribution in [0.5, 0.6) is 0 Å². The van der Waals surface area contributed by atoms with E-state index in [-0.39, 0.29) is 17.5 Å². The Hall–Kier alpha value is -0.300. The number of nitrogens with one attached hydrogen (secondary N) is 1. The number of nitrogens with two attached hydrogens (primary N) is 1. The summed E-state index contributed by atoms with van der Waals surface area (Å²) >= 11 is 1.72. The highest BCUT2D eigenvalue weighted by atomic mass is 32.2. The monoisotopic (exact) mass is 302 g/mol. The fourth-order valence-corrected chi connectivity index (χ4v) is 2.82. The number of hydrogen-bond donors (Lipinski definition) is 2. The molecule has 1 heterocycles. The van der Waals surface area contributed by atoms with Crippen LogP contribution in [0.4, 0.5) is 0 Å². The van der Waals surface area contributed by atoms with Gasteiger partial charge in [-0.2, -0.15) is 11.8 Å². The smallest absolute Gasteiger partial charge is 0.237 e. The molecule has 1 saturated heterocycles. The van der Waals surface area contributed by atoms with E-state index in [2.05, 4.69) is 36.0 Å². The lowest BCUT2D eigenvalue weighted by molar-refractivity contribution is -0.123. The molecule has 1 rings (SSSR count). The van der Waals surface area contributed by atoms with E-state index in [1.807, 2.05) is 6.26 Å². The van der Waals surface area contributed by atoms with Crippen LogP contribution in [0, 0.1) is 0 Å². The molecule has 0 radical (unpaired) electrons.